The Morgan fingerprint density at radius 1 is 1.45 bits per heavy atom. The van der Waals surface area contributed by atoms with Crippen molar-refractivity contribution in [2.75, 3.05) is 6.61 Å². The van der Waals surface area contributed by atoms with Crippen molar-refractivity contribution < 1.29 is 19.0 Å². The van der Waals surface area contributed by atoms with Crippen LogP contribution in [0.5, 0.6) is 0 Å². The highest BCUT2D eigenvalue weighted by atomic mass is 16.7. The normalized spacial score (nSPS) is 20.6. The maximum Gasteiger partial charge on any atom is 0.330 e. The number of hydrogen-bond acceptors (Lipinski definition) is 4. The van der Waals surface area contributed by atoms with E-state index in [1.165, 1.54) is 0 Å². The van der Waals surface area contributed by atoms with Crippen molar-refractivity contribution in [1.82, 2.24) is 0 Å². The summed E-state index contributed by atoms with van der Waals surface area (Å²) >= 11 is 0. The van der Waals surface area contributed by atoms with Crippen molar-refractivity contribution in [3.05, 3.63) is 48.8 Å². The lowest BCUT2D eigenvalue weighted by Gasteiger charge is -2.33. The van der Waals surface area contributed by atoms with E-state index in [0.717, 1.165) is 31.1 Å². The summed E-state index contributed by atoms with van der Waals surface area (Å²) in [4.78, 5) is 11.2. The van der Waals surface area contributed by atoms with Gasteiger partial charge >= 0.3 is 5.97 Å². The van der Waals surface area contributed by atoms with Gasteiger partial charge in [0.2, 0.25) is 5.79 Å². The minimum absolute atomic E-state index is 0.0334. The number of carbonyl (C=O) groups excluding carboxylic acids is 1. The van der Waals surface area contributed by atoms with Gasteiger partial charge in [-0.3, -0.25) is 0 Å². The number of allylic oxidation sites excluding steroid dienone is 3. The largest absolute Gasteiger partial charge is 0.463 e. The fourth-order valence-electron chi connectivity index (χ4n) is 2.17. The number of carbonyl (C=O) groups is 1. The second-order valence-electron chi connectivity index (χ2n) is 5.00. The fourth-order valence-corrected chi connectivity index (χ4v) is 2.17. The molecule has 0 heterocycles. The molecule has 2 aliphatic carbocycles. The highest BCUT2D eigenvalue weighted by molar-refractivity contribution is 5.81. The van der Waals surface area contributed by atoms with Crippen LogP contribution < -0.4 is 0 Å². The molecule has 0 saturated carbocycles. The third-order valence-corrected chi connectivity index (χ3v) is 3.11. The van der Waals surface area contributed by atoms with Crippen LogP contribution in [0.1, 0.15) is 26.2 Å². The van der Waals surface area contributed by atoms with Gasteiger partial charge in [-0.05, 0) is 18.9 Å². The Morgan fingerprint density at radius 2 is 2.20 bits per heavy atom. The minimum atomic E-state index is -0.979. The molecule has 1 unspecified atom stereocenters. The van der Waals surface area contributed by atoms with Crippen LogP contribution in [0.4, 0.5) is 0 Å². The highest BCUT2D eigenvalue weighted by Crippen LogP contribution is 2.27. The van der Waals surface area contributed by atoms with Gasteiger partial charge in [0.1, 0.15) is 5.76 Å². The van der Waals surface area contributed by atoms with Crippen LogP contribution in [0.2, 0.25) is 0 Å². The highest BCUT2D eigenvalue weighted by Gasteiger charge is 2.33. The van der Waals surface area contributed by atoms with Crippen molar-refractivity contribution >= 4 is 5.97 Å². The Labute approximate surface area is 119 Å². The number of rotatable bonds is 7. The molecule has 4 heteroatoms. The van der Waals surface area contributed by atoms with E-state index in [9.17, 15) is 4.79 Å². The Bertz CT molecular complexity index is 453. The van der Waals surface area contributed by atoms with Gasteiger partial charge in [-0.25, -0.2) is 4.79 Å². The molecule has 0 saturated heterocycles. The van der Waals surface area contributed by atoms with Gasteiger partial charge in [0.15, 0.2) is 6.61 Å². The second-order valence-corrected chi connectivity index (χ2v) is 5.00. The Morgan fingerprint density at radius 3 is 2.80 bits per heavy atom. The smallest absolute Gasteiger partial charge is 0.330 e. The molecule has 0 bridgehead atoms. The van der Waals surface area contributed by atoms with E-state index in [2.05, 4.69) is 18.7 Å². The van der Waals surface area contributed by atoms with Gasteiger partial charge < -0.3 is 14.2 Å². The molecule has 2 aliphatic rings. The first-order valence-electron chi connectivity index (χ1n) is 6.78. The van der Waals surface area contributed by atoms with E-state index in [4.69, 9.17) is 14.2 Å². The molecule has 0 N–H and O–H groups in total. The van der Waals surface area contributed by atoms with Crippen LogP contribution in [-0.4, -0.2) is 24.5 Å². The first kappa shape index (κ1) is 14.6. The van der Waals surface area contributed by atoms with E-state index in [1.807, 2.05) is 18.2 Å². The molecular weight excluding hydrogens is 256 g/mol. The molecule has 108 valence electrons. The van der Waals surface area contributed by atoms with Gasteiger partial charge in [0, 0.05) is 19.4 Å². The summed E-state index contributed by atoms with van der Waals surface area (Å²) in [7, 11) is 0. The molecule has 0 amide bonds. The summed E-state index contributed by atoms with van der Waals surface area (Å²) in [6.45, 7) is 5.21. The fraction of sp³-hybridized carbons (Fsp3) is 0.438. The Kier molecular flexibility index (Phi) is 4.79. The molecule has 0 radical (unpaired) electrons. The third-order valence-electron chi connectivity index (χ3n) is 3.11. The van der Waals surface area contributed by atoms with Crippen molar-refractivity contribution in [1.29, 1.82) is 0 Å². The SMILES string of the molecule is C=CC(=O)OCC(C)(OC1=CC=CC1)OC1CC=CC1. The van der Waals surface area contributed by atoms with E-state index < -0.39 is 11.8 Å². The second kappa shape index (κ2) is 6.57. The van der Waals surface area contributed by atoms with Crippen LogP contribution in [0.25, 0.3) is 0 Å². The lowest BCUT2D eigenvalue weighted by Crippen LogP contribution is -2.41. The molecule has 20 heavy (non-hydrogen) atoms. The van der Waals surface area contributed by atoms with Gasteiger partial charge in [-0.2, -0.15) is 0 Å². The lowest BCUT2D eigenvalue weighted by molar-refractivity contribution is -0.248. The van der Waals surface area contributed by atoms with Crippen LogP contribution >= 0.6 is 0 Å². The van der Waals surface area contributed by atoms with Crippen molar-refractivity contribution in [2.45, 2.75) is 38.1 Å². The quantitative estimate of drug-likeness (QED) is 0.310. The predicted octanol–water partition coefficient (Wildman–Crippen LogP) is 3.03. The number of hydrogen-bond donors (Lipinski definition) is 0. The summed E-state index contributed by atoms with van der Waals surface area (Å²) in [6, 6.07) is 0. The summed E-state index contributed by atoms with van der Waals surface area (Å²) in [6.07, 6.45) is 13.6. The number of esters is 1. The summed E-state index contributed by atoms with van der Waals surface area (Å²) < 4.78 is 17.0. The molecule has 2 rings (SSSR count). The van der Waals surface area contributed by atoms with Crippen molar-refractivity contribution in [3.63, 3.8) is 0 Å². The van der Waals surface area contributed by atoms with Gasteiger partial charge in [-0.15, -0.1) is 0 Å². The molecule has 0 fully saturated rings. The zero-order valence-corrected chi connectivity index (χ0v) is 11.7. The molecule has 0 aliphatic heterocycles. The minimum Gasteiger partial charge on any atom is -0.463 e. The van der Waals surface area contributed by atoms with Crippen molar-refractivity contribution in [3.8, 4) is 0 Å². The first-order valence-corrected chi connectivity index (χ1v) is 6.78. The predicted molar refractivity (Wildman–Crippen MR) is 75.7 cm³/mol. The average molecular weight is 276 g/mol. The maximum absolute atomic E-state index is 11.2. The molecule has 1 atom stereocenters. The van der Waals surface area contributed by atoms with E-state index >= 15 is 0 Å². The Balaban J connectivity index is 1.96. The molecule has 0 aromatic heterocycles. The zero-order chi connectivity index (χ0) is 14.4. The van der Waals surface area contributed by atoms with Gasteiger partial charge in [-0.1, -0.05) is 30.9 Å². The van der Waals surface area contributed by atoms with Crippen LogP contribution in [0, 0.1) is 0 Å². The summed E-state index contributed by atoms with van der Waals surface area (Å²) in [5.41, 5.74) is 0. The first-order chi connectivity index (χ1) is 9.61. The number of ether oxygens (including phenoxy) is 3. The van der Waals surface area contributed by atoms with Crippen LogP contribution in [0.3, 0.4) is 0 Å². The van der Waals surface area contributed by atoms with E-state index in [0.29, 0.717) is 0 Å². The van der Waals surface area contributed by atoms with E-state index in [1.54, 1.807) is 6.92 Å². The summed E-state index contributed by atoms with van der Waals surface area (Å²) in [5, 5.41) is 0. The summed E-state index contributed by atoms with van der Waals surface area (Å²) in [5.74, 6) is -0.646. The molecular formula is C16H20O4. The zero-order valence-electron chi connectivity index (χ0n) is 11.7. The van der Waals surface area contributed by atoms with Crippen LogP contribution in [-0.2, 0) is 19.0 Å². The molecule has 0 aromatic rings. The Hall–Kier alpha value is -1.81. The maximum atomic E-state index is 11.2. The van der Waals surface area contributed by atoms with Crippen molar-refractivity contribution in [2.24, 2.45) is 0 Å². The average Bonchev–Trinajstić information content (AvgIpc) is 3.09. The lowest BCUT2D eigenvalue weighted by atomic mass is 10.2. The molecule has 0 aromatic carbocycles. The van der Waals surface area contributed by atoms with E-state index in [-0.39, 0.29) is 12.7 Å². The van der Waals surface area contributed by atoms with Gasteiger partial charge in [0.05, 0.1) is 6.10 Å². The van der Waals surface area contributed by atoms with Crippen LogP contribution in [0.15, 0.2) is 48.8 Å². The van der Waals surface area contributed by atoms with Gasteiger partial charge in [0.25, 0.3) is 0 Å². The molecule has 4 nitrogen and oxygen atoms in total. The molecule has 0 spiro atoms. The topological polar surface area (TPSA) is 44.8 Å². The standard InChI is InChI=1S/C16H20O4/c1-3-15(17)18-12-16(2,19-13-8-4-5-9-13)20-14-10-6-7-11-14/h3-8,14H,1,9-12H2,2H3. The monoisotopic (exact) mass is 276 g/mol. The third kappa shape index (κ3) is 4.10.